The van der Waals surface area contributed by atoms with Crippen LogP contribution < -0.4 is 32.7 Å². The monoisotopic (exact) mass is 354 g/mol. The van der Waals surface area contributed by atoms with E-state index in [9.17, 15) is 5.11 Å². The van der Waals surface area contributed by atoms with Crippen LogP contribution in [0.5, 0.6) is 0 Å². The fraction of sp³-hybridized carbons (Fsp3) is 0.294. The summed E-state index contributed by atoms with van der Waals surface area (Å²) in [6.07, 6.45) is -0.477. The lowest BCUT2D eigenvalue weighted by atomic mass is 9.85. The van der Waals surface area contributed by atoms with Crippen molar-refractivity contribution in [1.82, 2.24) is 16.0 Å². The van der Waals surface area contributed by atoms with Crippen molar-refractivity contribution >= 4 is 17.4 Å². The third-order valence-electron chi connectivity index (χ3n) is 4.73. The largest absolute Gasteiger partial charge is 0.382 e. The molecule has 1 fully saturated rings. The Morgan fingerprint density at radius 2 is 2.04 bits per heavy atom. The Balaban J connectivity index is 1.42. The molecule has 2 atom stereocenters. The first-order valence-electron chi connectivity index (χ1n) is 8.36. The predicted molar refractivity (Wildman–Crippen MR) is 101 cm³/mol. The van der Waals surface area contributed by atoms with Gasteiger partial charge in [-0.1, -0.05) is 18.7 Å². The molecule has 0 saturated carbocycles. The highest BCUT2D eigenvalue weighted by molar-refractivity contribution is 5.93. The zero-order chi connectivity index (χ0) is 18.3. The van der Waals surface area contributed by atoms with Gasteiger partial charge in [-0.15, -0.1) is 0 Å². The van der Waals surface area contributed by atoms with Gasteiger partial charge in [0.1, 0.15) is 17.5 Å². The molecule has 0 aliphatic carbocycles. The lowest BCUT2D eigenvalue weighted by molar-refractivity contribution is 0.0282. The molecule has 9 heteroatoms. The summed E-state index contributed by atoms with van der Waals surface area (Å²) in [7, 11) is 0. The van der Waals surface area contributed by atoms with Gasteiger partial charge in [-0.05, 0) is 17.7 Å². The molecule has 4 rings (SSSR count). The lowest BCUT2D eigenvalue weighted by Gasteiger charge is -2.41. The standard InChI is InChI=1S/C17H22N8O/c1-9-17(26,8-22-9)10-2-4-11(5-3-10)20-6-12-7-21-15-13(23-12)14(18)24-16(19)25-15/h2-5,14,20-22,26H,1,6-8,18H2,(H3,19,24,25). The van der Waals surface area contributed by atoms with Gasteiger partial charge in [0.15, 0.2) is 11.8 Å². The Kier molecular flexibility index (Phi) is 3.82. The van der Waals surface area contributed by atoms with Crippen molar-refractivity contribution in [2.24, 2.45) is 21.5 Å². The highest BCUT2D eigenvalue weighted by atomic mass is 16.3. The van der Waals surface area contributed by atoms with E-state index in [4.69, 9.17) is 11.5 Å². The quantitative estimate of drug-likeness (QED) is 0.360. The van der Waals surface area contributed by atoms with Crippen LogP contribution in [-0.2, 0) is 5.60 Å². The fourth-order valence-corrected chi connectivity index (χ4v) is 3.06. The number of aliphatic imine (C=N–C) groups is 2. The summed E-state index contributed by atoms with van der Waals surface area (Å²) >= 11 is 0. The second kappa shape index (κ2) is 6.04. The van der Waals surface area contributed by atoms with E-state index < -0.39 is 11.8 Å². The number of benzene rings is 1. The second-order valence-electron chi connectivity index (χ2n) is 6.51. The van der Waals surface area contributed by atoms with Crippen molar-refractivity contribution in [3.05, 3.63) is 53.6 Å². The van der Waals surface area contributed by atoms with E-state index in [1.165, 1.54) is 0 Å². The van der Waals surface area contributed by atoms with Crippen molar-refractivity contribution in [2.45, 2.75) is 11.8 Å². The van der Waals surface area contributed by atoms with Crippen LogP contribution in [0.4, 0.5) is 5.69 Å². The van der Waals surface area contributed by atoms with Gasteiger partial charge in [0, 0.05) is 11.4 Å². The van der Waals surface area contributed by atoms with Crippen molar-refractivity contribution in [2.75, 3.05) is 25.0 Å². The van der Waals surface area contributed by atoms with Crippen LogP contribution in [0.1, 0.15) is 5.56 Å². The SMILES string of the molecule is C=C1NCC1(O)c1ccc(NCC2=NC3=C(N=C(N)NC3N)NC2)cc1. The Hall–Kier alpha value is -3.04. The fourth-order valence-electron chi connectivity index (χ4n) is 3.06. The number of nitrogens with one attached hydrogen (secondary N) is 4. The second-order valence-corrected chi connectivity index (χ2v) is 6.51. The van der Waals surface area contributed by atoms with E-state index in [1.807, 2.05) is 24.3 Å². The van der Waals surface area contributed by atoms with Gasteiger partial charge >= 0.3 is 0 Å². The summed E-state index contributed by atoms with van der Waals surface area (Å²) in [6, 6.07) is 7.65. The van der Waals surface area contributed by atoms with Gasteiger partial charge in [-0.3, -0.25) is 4.99 Å². The highest BCUT2D eigenvalue weighted by Gasteiger charge is 2.40. The zero-order valence-corrected chi connectivity index (χ0v) is 14.2. The summed E-state index contributed by atoms with van der Waals surface area (Å²) in [5.74, 6) is 0.899. The molecule has 1 aromatic rings. The van der Waals surface area contributed by atoms with Crippen LogP contribution >= 0.6 is 0 Å². The molecule has 3 aliphatic heterocycles. The van der Waals surface area contributed by atoms with Crippen molar-refractivity contribution < 1.29 is 5.11 Å². The maximum atomic E-state index is 10.5. The summed E-state index contributed by atoms with van der Waals surface area (Å²) in [5.41, 5.74) is 14.7. The minimum Gasteiger partial charge on any atom is -0.382 e. The Morgan fingerprint density at radius 3 is 2.69 bits per heavy atom. The Morgan fingerprint density at radius 1 is 1.27 bits per heavy atom. The topological polar surface area (TPSA) is 145 Å². The lowest BCUT2D eigenvalue weighted by Crippen LogP contribution is -2.53. The average molecular weight is 354 g/mol. The van der Waals surface area contributed by atoms with E-state index >= 15 is 0 Å². The van der Waals surface area contributed by atoms with Crippen LogP contribution in [0, 0.1) is 0 Å². The molecule has 1 aromatic carbocycles. The van der Waals surface area contributed by atoms with Gasteiger partial charge in [-0.2, -0.15) is 4.99 Å². The molecular formula is C17H22N8O. The number of hydrogen-bond donors (Lipinski definition) is 7. The summed E-state index contributed by atoms with van der Waals surface area (Å²) < 4.78 is 0. The maximum absolute atomic E-state index is 10.5. The Bertz CT molecular complexity index is 841. The first kappa shape index (κ1) is 16.4. The van der Waals surface area contributed by atoms with Gasteiger partial charge in [0.05, 0.1) is 25.3 Å². The minimum atomic E-state index is -0.967. The molecule has 0 amide bonds. The normalized spacial score (nSPS) is 27.2. The molecule has 0 bridgehead atoms. The molecule has 9 N–H and O–H groups in total. The molecule has 0 radical (unpaired) electrons. The van der Waals surface area contributed by atoms with Crippen LogP contribution in [0.15, 0.2) is 58.0 Å². The van der Waals surface area contributed by atoms with Gasteiger partial charge in [0.2, 0.25) is 0 Å². The van der Waals surface area contributed by atoms with Crippen molar-refractivity contribution in [3.8, 4) is 0 Å². The van der Waals surface area contributed by atoms with Crippen molar-refractivity contribution in [1.29, 1.82) is 0 Å². The number of nitrogens with two attached hydrogens (primary N) is 2. The highest BCUT2D eigenvalue weighted by Crippen LogP contribution is 2.33. The number of β-amino-alcohol motifs (C(OH)–C–C–N with tert-alkyl or cyclic N) is 1. The average Bonchev–Trinajstić information content (AvgIpc) is 2.65. The van der Waals surface area contributed by atoms with E-state index in [0.29, 0.717) is 36.8 Å². The molecule has 1 saturated heterocycles. The predicted octanol–water partition coefficient (Wildman–Crippen LogP) is -1.18. The number of hydrogen-bond acceptors (Lipinski definition) is 9. The number of guanidine groups is 1. The maximum Gasteiger partial charge on any atom is 0.196 e. The summed E-state index contributed by atoms with van der Waals surface area (Å²) in [4.78, 5) is 8.75. The molecule has 136 valence electrons. The first-order chi connectivity index (χ1) is 12.5. The molecule has 2 unspecified atom stereocenters. The van der Waals surface area contributed by atoms with Gasteiger partial charge in [0.25, 0.3) is 0 Å². The third-order valence-corrected chi connectivity index (χ3v) is 4.73. The van der Waals surface area contributed by atoms with Gasteiger partial charge in [-0.25, -0.2) is 0 Å². The molecule has 9 nitrogen and oxygen atoms in total. The molecule has 3 heterocycles. The number of rotatable bonds is 4. The molecule has 0 aromatic heterocycles. The van der Waals surface area contributed by atoms with E-state index in [0.717, 1.165) is 17.0 Å². The number of anilines is 1. The minimum absolute atomic E-state index is 0.284. The molecule has 3 aliphatic rings. The molecular weight excluding hydrogens is 332 g/mol. The zero-order valence-electron chi connectivity index (χ0n) is 14.2. The number of aliphatic hydroxyl groups is 1. The van der Waals surface area contributed by atoms with Gasteiger partial charge < -0.3 is 37.8 Å². The van der Waals surface area contributed by atoms with E-state index in [1.54, 1.807) is 0 Å². The Labute approximate surface area is 151 Å². The van der Waals surface area contributed by atoms with Crippen LogP contribution in [0.3, 0.4) is 0 Å². The van der Waals surface area contributed by atoms with E-state index in [2.05, 4.69) is 37.8 Å². The molecule has 26 heavy (non-hydrogen) atoms. The van der Waals surface area contributed by atoms with Crippen molar-refractivity contribution in [3.63, 3.8) is 0 Å². The first-order valence-corrected chi connectivity index (χ1v) is 8.36. The number of nitrogens with zero attached hydrogens (tertiary/aromatic N) is 2. The summed E-state index contributed by atoms with van der Waals surface area (Å²) in [5, 5.41) is 22.8. The third kappa shape index (κ3) is 2.76. The smallest absolute Gasteiger partial charge is 0.196 e. The van der Waals surface area contributed by atoms with Crippen LogP contribution in [-0.4, -0.2) is 42.6 Å². The summed E-state index contributed by atoms with van der Waals surface area (Å²) in [6.45, 7) is 5.43. The van der Waals surface area contributed by atoms with E-state index in [-0.39, 0.29) is 5.96 Å². The van der Waals surface area contributed by atoms with Crippen LogP contribution in [0.2, 0.25) is 0 Å². The molecule has 0 spiro atoms. The van der Waals surface area contributed by atoms with Crippen LogP contribution in [0.25, 0.3) is 0 Å².